The van der Waals surface area contributed by atoms with Crippen LogP contribution in [0.25, 0.3) is 17.1 Å². The third-order valence-corrected chi connectivity index (χ3v) is 5.61. The molecule has 1 fully saturated rings. The van der Waals surface area contributed by atoms with E-state index in [4.69, 9.17) is 16.6 Å². The average molecular weight is 365 g/mol. The maximum absolute atomic E-state index is 6.04. The number of nitrogens with zero attached hydrogens (tertiary/aromatic N) is 2. The van der Waals surface area contributed by atoms with Gasteiger partial charge in [-0.25, -0.2) is 4.98 Å². The zero-order valence-electron chi connectivity index (χ0n) is 15.3. The van der Waals surface area contributed by atoms with Crippen molar-refractivity contribution in [1.82, 2.24) is 9.55 Å². The van der Waals surface area contributed by atoms with Crippen LogP contribution in [-0.4, -0.2) is 9.55 Å². The van der Waals surface area contributed by atoms with Crippen LogP contribution in [0.5, 0.6) is 0 Å². The van der Waals surface area contributed by atoms with Crippen molar-refractivity contribution in [2.45, 2.75) is 45.6 Å². The van der Waals surface area contributed by atoms with Gasteiger partial charge in [0.25, 0.3) is 0 Å². The lowest BCUT2D eigenvalue weighted by Gasteiger charge is -2.17. The maximum Gasteiger partial charge on any atom is 0.133 e. The monoisotopic (exact) mass is 364 g/mol. The molecular weight excluding hydrogens is 340 g/mol. The molecule has 2 nitrogen and oxygen atoms in total. The highest BCUT2D eigenvalue weighted by Gasteiger charge is 2.13. The van der Waals surface area contributed by atoms with E-state index in [0.29, 0.717) is 5.92 Å². The molecule has 0 N–H and O–H groups in total. The second-order valence-corrected chi connectivity index (χ2v) is 7.87. The van der Waals surface area contributed by atoms with Crippen LogP contribution >= 0.6 is 11.6 Å². The molecule has 26 heavy (non-hydrogen) atoms. The van der Waals surface area contributed by atoms with Gasteiger partial charge in [0.05, 0.1) is 11.0 Å². The molecule has 0 spiro atoms. The Hall–Kier alpha value is -2.06. The van der Waals surface area contributed by atoms with E-state index in [1.54, 1.807) is 0 Å². The summed E-state index contributed by atoms with van der Waals surface area (Å²) in [5.41, 5.74) is 4.74. The van der Waals surface area contributed by atoms with E-state index in [0.717, 1.165) is 22.9 Å². The van der Waals surface area contributed by atoms with E-state index < -0.39 is 0 Å². The molecule has 0 bridgehead atoms. The van der Waals surface area contributed by atoms with E-state index in [-0.39, 0.29) is 0 Å². The molecule has 1 heterocycles. The van der Waals surface area contributed by atoms with E-state index in [9.17, 15) is 0 Å². The number of hydrogen-bond donors (Lipinski definition) is 0. The normalized spacial score (nSPS) is 15.9. The average Bonchev–Trinajstić information content (AvgIpc) is 2.99. The largest absolute Gasteiger partial charge is 0.320 e. The molecule has 1 aliphatic rings. The Morgan fingerprint density at radius 2 is 1.85 bits per heavy atom. The van der Waals surface area contributed by atoms with Gasteiger partial charge in [0.15, 0.2) is 0 Å². The molecule has 2 aromatic carbocycles. The molecule has 134 valence electrons. The predicted molar refractivity (Wildman–Crippen MR) is 111 cm³/mol. The van der Waals surface area contributed by atoms with Crippen molar-refractivity contribution >= 4 is 28.7 Å². The highest BCUT2D eigenvalue weighted by Crippen LogP contribution is 2.26. The highest BCUT2D eigenvalue weighted by molar-refractivity contribution is 6.30. The first-order valence-corrected chi connectivity index (χ1v) is 9.96. The molecule has 1 saturated carbocycles. The summed E-state index contributed by atoms with van der Waals surface area (Å²) in [4.78, 5) is 4.92. The molecule has 0 saturated heterocycles. The van der Waals surface area contributed by atoms with E-state index >= 15 is 0 Å². The minimum Gasteiger partial charge on any atom is -0.320 e. The molecule has 3 heteroatoms. The second-order valence-electron chi connectivity index (χ2n) is 7.43. The van der Waals surface area contributed by atoms with Gasteiger partial charge in [-0.3, -0.25) is 0 Å². The van der Waals surface area contributed by atoms with Crippen LogP contribution in [0.2, 0.25) is 5.02 Å². The fraction of sp³-hybridized carbons (Fsp3) is 0.348. The van der Waals surface area contributed by atoms with Crippen molar-refractivity contribution in [3.63, 3.8) is 0 Å². The van der Waals surface area contributed by atoms with Crippen molar-refractivity contribution in [2.75, 3.05) is 0 Å². The Kier molecular flexibility index (Phi) is 5.12. The fourth-order valence-electron chi connectivity index (χ4n) is 3.87. The van der Waals surface area contributed by atoms with Crippen LogP contribution in [0.15, 0.2) is 48.5 Å². The van der Waals surface area contributed by atoms with Crippen LogP contribution < -0.4 is 0 Å². The maximum atomic E-state index is 6.04. The Morgan fingerprint density at radius 1 is 1.08 bits per heavy atom. The first kappa shape index (κ1) is 17.4. The van der Waals surface area contributed by atoms with Gasteiger partial charge in [0.1, 0.15) is 5.82 Å². The van der Waals surface area contributed by atoms with Crippen molar-refractivity contribution in [2.24, 2.45) is 5.92 Å². The number of rotatable bonds is 4. The zero-order valence-corrected chi connectivity index (χ0v) is 16.0. The third-order valence-electron chi connectivity index (χ3n) is 5.35. The van der Waals surface area contributed by atoms with Crippen LogP contribution in [0.1, 0.15) is 49.1 Å². The lowest BCUT2D eigenvalue weighted by Crippen LogP contribution is -2.04. The van der Waals surface area contributed by atoms with E-state index in [1.165, 1.54) is 48.7 Å². The van der Waals surface area contributed by atoms with Crippen LogP contribution in [-0.2, 0) is 6.54 Å². The molecule has 1 aromatic heterocycles. The van der Waals surface area contributed by atoms with Gasteiger partial charge in [-0.15, -0.1) is 0 Å². The topological polar surface area (TPSA) is 17.8 Å². The van der Waals surface area contributed by atoms with Crippen molar-refractivity contribution in [1.29, 1.82) is 0 Å². The summed E-state index contributed by atoms with van der Waals surface area (Å²) < 4.78 is 2.32. The number of hydrogen-bond acceptors (Lipinski definition) is 1. The summed E-state index contributed by atoms with van der Waals surface area (Å²) in [6, 6.07) is 14.6. The minimum absolute atomic E-state index is 0.703. The molecule has 0 atom stereocenters. The molecule has 0 radical (unpaired) electrons. The summed E-state index contributed by atoms with van der Waals surface area (Å²) in [6.07, 6.45) is 11.3. The van der Waals surface area contributed by atoms with Crippen molar-refractivity contribution in [3.8, 4) is 0 Å². The molecular formula is C23H25ClN2. The fourth-order valence-corrected chi connectivity index (χ4v) is 4.00. The number of imidazole rings is 1. The van der Waals surface area contributed by atoms with Crippen LogP contribution in [0.3, 0.4) is 0 Å². The highest BCUT2D eigenvalue weighted by atomic mass is 35.5. The molecule has 0 unspecified atom stereocenters. The zero-order chi connectivity index (χ0) is 17.9. The molecule has 3 aromatic rings. The van der Waals surface area contributed by atoms with Gasteiger partial charge < -0.3 is 4.57 Å². The Bertz CT molecular complexity index is 915. The molecule has 1 aliphatic carbocycles. The number of allylic oxidation sites excluding steroid dienone is 1. The molecule has 4 rings (SSSR count). The first-order valence-electron chi connectivity index (χ1n) is 9.58. The summed E-state index contributed by atoms with van der Waals surface area (Å²) in [7, 11) is 0. The smallest absolute Gasteiger partial charge is 0.133 e. The summed E-state index contributed by atoms with van der Waals surface area (Å²) in [5.74, 6) is 1.75. The second kappa shape index (κ2) is 7.67. The number of fused-ring (bicyclic) bond motifs is 1. The van der Waals surface area contributed by atoms with Gasteiger partial charge >= 0.3 is 0 Å². The summed E-state index contributed by atoms with van der Waals surface area (Å²) in [6.45, 7) is 2.93. The quantitative estimate of drug-likeness (QED) is 0.507. The molecule has 0 aliphatic heterocycles. The van der Waals surface area contributed by atoms with Gasteiger partial charge in [0.2, 0.25) is 0 Å². The summed E-state index contributed by atoms with van der Waals surface area (Å²) in [5, 5.41) is 0.775. The lowest BCUT2D eigenvalue weighted by molar-refractivity contribution is 0.420. The Labute approximate surface area is 160 Å². The Morgan fingerprint density at radius 3 is 2.62 bits per heavy atom. The molecule has 0 amide bonds. The standard InChI is InChI=1S/C23H25ClN2/c1-17-7-13-22-21(15-17)25-23(14-10-18-5-3-2-4-6-18)26(22)16-19-8-11-20(24)12-9-19/h7-15,18H,2-6,16H2,1H3/b14-10+. The number of halogens is 1. The SMILES string of the molecule is Cc1ccc2c(c1)nc(/C=C/C1CCCCC1)n2Cc1ccc(Cl)cc1. The Balaban J connectivity index is 1.70. The number of benzene rings is 2. The summed E-state index contributed by atoms with van der Waals surface area (Å²) >= 11 is 6.04. The predicted octanol–water partition coefficient (Wildman–Crippen LogP) is 6.64. The van der Waals surface area contributed by atoms with Crippen LogP contribution in [0, 0.1) is 12.8 Å². The van der Waals surface area contributed by atoms with Crippen molar-refractivity contribution < 1.29 is 0 Å². The van der Waals surface area contributed by atoms with Gasteiger partial charge in [-0.1, -0.05) is 55.1 Å². The van der Waals surface area contributed by atoms with E-state index in [1.807, 2.05) is 12.1 Å². The van der Waals surface area contributed by atoms with Gasteiger partial charge in [-0.2, -0.15) is 0 Å². The van der Waals surface area contributed by atoms with Crippen molar-refractivity contribution in [3.05, 3.63) is 70.5 Å². The third kappa shape index (κ3) is 3.86. The lowest BCUT2D eigenvalue weighted by atomic mass is 9.89. The first-order chi connectivity index (χ1) is 12.7. The number of aromatic nitrogens is 2. The van der Waals surface area contributed by atoms with Crippen LogP contribution in [0.4, 0.5) is 0 Å². The van der Waals surface area contributed by atoms with E-state index in [2.05, 4.69) is 54.0 Å². The minimum atomic E-state index is 0.703. The van der Waals surface area contributed by atoms with Gasteiger partial charge in [-0.05, 0) is 67.2 Å². The number of aryl methyl sites for hydroxylation is 1. The van der Waals surface area contributed by atoms with Gasteiger partial charge in [0, 0.05) is 11.6 Å².